The predicted molar refractivity (Wildman–Crippen MR) is 98.9 cm³/mol. The summed E-state index contributed by atoms with van der Waals surface area (Å²) in [5, 5.41) is 9.14. The van der Waals surface area contributed by atoms with Gasteiger partial charge in [-0.3, -0.25) is 5.43 Å². The Balaban J connectivity index is 1.66. The maximum Gasteiger partial charge on any atom is 0.254 e. The molecule has 6 nitrogen and oxygen atoms in total. The molecule has 122 valence electrons. The van der Waals surface area contributed by atoms with Crippen molar-refractivity contribution in [2.45, 2.75) is 0 Å². The van der Waals surface area contributed by atoms with Gasteiger partial charge in [-0.2, -0.15) is 19.7 Å². The van der Waals surface area contributed by atoms with E-state index in [2.05, 4.69) is 25.6 Å². The Bertz CT molecular complexity index is 1020. The Kier molecular flexibility index (Phi) is 4.10. The van der Waals surface area contributed by atoms with Gasteiger partial charge in [-0.25, -0.2) is 4.98 Å². The van der Waals surface area contributed by atoms with Crippen LogP contribution >= 0.6 is 11.6 Å². The molecule has 0 unspecified atom stereocenters. The van der Waals surface area contributed by atoms with Gasteiger partial charge in [0.15, 0.2) is 5.82 Å². The molecule has 0 fully saturated rings. The molecule has 0 amide bonds. The summed E-state index contributed by atoms with van der Waals surface area (Å²) in [6, 6.07) is 19.2. The van der Waals surface area contributed by atoms with Crippen LogP contribution in [-0.4, -0.2) is 25.8 Å². The monoisotopic (exact) mass is 348 g/mol. The number of nitrogens with zero attached hydrogens (tertiary/aromatic N) is 5. The maximum atomic E-state index is 5.88. The molecule has 0 aliphatic rings. The number of anilines is 1. The quantitative estimate of drug-likeness (QED) is 0.449. The van der Waals surface area contributed by atoms with E-state index in [1.54, 1.807) is 10.7 Å². The number of hydrazone groups is 1. The number of aromatic nitrogens is 4. The van der Waals surface area contributed by atoms with Gasteiger partial charge in [-0.1, -0.05) is 54.1 Å². The molecule has 0 spiro atoms. The third-order valence-electron chi connectivity index (χ3n) is 3.58. The average molecular weight is 349 g/mol. The van der Waals surface area contributed by atoms with Crippen LogP contribution in [0.1, 0.15) is 5.56 Å². The predicted octanol–water partition coefficient (Wildman–Crippen LogP) is 3.89. The number of nitrogens with one attached hydrogen (secondary N) is 1. The lowest BCUT2D eigenvalue weighted by Crippen LogP contribution is -2.02. The molecule has 4 aromatic rings. The van der Waals surface area contributed by atoms with Gasteiger partial charge in [-0.05, 0) is 17.7 Å². The zero-order valence-electron chi connectivity index (χ0n) is 13.0. The topological polar surface area (TPSA) is 67.5 Å². The lowest BCUT2D eigenvalue weighted by atomic mass is 10.1. The SMILES string of the molecule is Clc1ccc(C=NNc2cc(-c3ccccc3)nc3ncnn23)cc1. The maximum absolute atomic E-state index is 5.88. The second-order valence-electron chi connectivity index (χ2n) is 5.29. The molecule has 7 heteroatoms. The third-order valence-corrected chi connectivity index (χ3v) is 3.84. The fourth-order valence-corrected chi connectivity index (χ4v) is 2.50. The number of halogens is 1. The lowest BCUT2D eigenvalue weighted by molar-refractivity contribution is 0.938. The van der Waals surface area contributed by atoms with E-state index in [9.17, 15) is 0 Å². The summed E-state index contributed by atoms with van der Waals surface area (Å²) in [7, 11) is 0. The van der Waals surface area contributed by atoms with E-state index in [0.717, 1.165) is 16.8 Å². The minimum Gasteiger partial charge on any atom is -0.261 e. The highest BCUT2D eigenvalue weighted by Gasteiger charge is 2.08. The smallest absolute Gasteiger partial charge is 0.254 e. The van der Waals surface area contributed by atoms with Crippen LogP contribution in [0.4, 0.5) is 5.82 Å². The second-order valence-corrected chi connectivity index (χ2v) is 5.72. The minimum atomic E-state index is 0.505. The Labute approximate surface area is 148 Å². The van der Waals surface area contributed by atoms with Crippen LogP contribution in [-0.2, 0) is 0 Å². The van der Waals surface area contributed by atoms with Crippen LogP contribution in [0, 0.1) is 0 Å². The highest BCUT2D eigenvalue weighted by molar-refractivity contribution is 6.30. The molecule has 4 rings (SSSR count). The van der Waals surface area contributed by atoms with Crippen molar-refractivity contribution >= 4 is 29.4 Å². The van der Waals surface area contributed by atoms with Crippen LogP contribution in [0.25, 0.3) is 17.0 Å². The zero-order chi connectivity index (χ0) is 17.1. The standard InChI is InChI=1S/C18H13ClN6/c19-15-8-6-13(7-9-15)11-21-24-17-10-16(14-4-2-1-3-5-14)23-18-20-12-22-25(17)18/h1-12,24H. The van der Waals surface area contributed by atoms with Crippen molar-refractivity contribution in [1.29, 1.82) is 0 Å². The molecule has 0 bridgehead atoms. The largest absolute Gasteiger partial charge is 0.261 e. The van der Waals surface area contributed by atoms with E-state index in [-0.39, 0.29) is 0 Å². The van der Waals surface area contributed by atoms with Gasteiger partial charge in [0, 0.05) is 16.7 Å². The molecule has 0 saturated heterocycles. The van der Waals surface area contributed by atoms with Crippen molar-refractivity contribution in [3.63, 3.8) is 0 Å². The number of hydrogen-bond donors (Lipinski definition) is 1. The van der Waals surface area contributed by atoms with E-state index in [0.29, 0.717) is 16.6 Å². The fraction of sp³-hybridized carbons (Fsp3) is 0. The van der Waals surface area contributed by atoms with Crippen molar-refractivity contribution in [3.05, 3.63) is 77.6 Å². The molecule has 1 N–H and O–H groups in total. The van der Waals surface area contributed by atoms with Gasteiger partial charge >= 0.3 is 0 Å². The summed E-state index contributed by atoms with van der Waals surface area (Å²) in [5.41, 5.74) is 5.73. The highest BCUT2D eigenvalue weighted by atomic mass is 35.5. The van der Waals surface area contributed by atoms with E-state index < -0.39 is 0 Å². The molecular weight excluding hydrogens is 336 g/mol. The van der Waals surface area contributed by atoms with Crippen molar-refractivity contribution in [3.8, 4) is 11.3 Å². The lowest BCUT2D eigenvalue weighted by Gasteiger charge is -2.06. The number of fused-ring (bicyclic) bond motifs is 1. The molecule has 0 atom stereocenters. The molecule has 2 heterocycles. The van der Waals surface area contributed by atoms with Gasteiger partial charge in [0.05, 0.1) is 11.9 Å². The second kappa shape index (κ2) is 6.70. The molecule has 2 aromatic carbocycles. The first-order valence-electron chi connectivity index (χ1n) is 7.60. The highest BCUT2D eigenvalue weighted by Crippen LogP contribution is 2.21. The summed E-state index contributed by atoms with van der Waals surface area (Å²) in [4.78, 5) is 8.70. The number of benzene rings is 2. The van der Waals surface area contributed by atoms with Gasteiger partial charge in [0.25, 0.3) is 5.78 Å². The molecule has 0 radical (unpaired) electrons. The average Bonchev–Trinajstić information content (AvgIpc) is 3.13. The first-order valence-corrected chi connectivity index (χ1v) is 7.98. The first kappa shape index (κ1) is 15.3. The van der Waals surface area contributed by atoms with Crippen molar-refractivity contribution in [1.82, 2.24) is 19.6 Å². The van der Waals surface area contributed by atoms with Gasteiger partial charge in [0.2, 0.25) is 0 Å². The molecule has 25 heavy (non-hydrogen) atoms. The van der Waals surface area contributed by atoms with Crippen LogP contribution in [0.2, 0.25) is 5.02 Å². The molecule has 0 saturated carbocycles. The van der Waals surface area contributed by atoms with Crippen molar-refractivity contribution < 1.29 is 0 Å². The van der Waals surface area contributed by atoms with Crippen LogP contribution in [0.3, 0.4) is 0 Å². The zero-order valence-corrected chi connectivity index (χ0v) is 13.8. The number of rotatable bonds is 4. The molecule has 0 aliphatic heterocycles. The van der Waals surface area contributed by atoms with E-state index in [1.807, 2.05) is 60.7 Å². The van der Waals surface area contributed by atoms with Gasteiger partial charge < -0.3 is 0 Å². The van der Waals surface area contributed by atoms with Gasteiger partial charge in [-0.15, -0.1) is 0 Å². The van der Waals surface area contributed by atoms with Gasteiger partial charge in [0.1, 0.15) is 6.33 Å². The fourth-order valence-electron chi connectivity index (χ4n) is 2.37. The van der Waals surface area contributed by atoms with Crippen LogP contribution in [0.5, 0.6) is 0 Å². The Hall–Kier alpha value is -3.25. The van der Waals surface area contributed by atoms with E-state index in [4.69, 9.17) is 11.6 Å². The van der Waals surface area contributed by atoms with Crippen LogP contribution in [0.15, 0.2) is 72.1 Å². The van der Waals surface area contributed by atoms with Crippen LogP contribution < -0.4 is 5.43 Å². The summed E-state index contributed by atoms with van der Waals surface area (Å²) in [6.07, 6.45) is 3.17. The minimum absolute atomic E-state index is 0.505. The van der Waals surface area contributed by atoms with Crippen molar-refractivity contribution in [2.75, 3.05) is 5.43 Å². The summed E-state index contributed by atoms with van der Waals surface area (Å²) in [6.45, 7) is 0. The van der Waals surface area contributed by atoms with E-state index >= 15 is 0 Å². The Morgan fingerprint density at radius 2 is 1.84 bits per heavy atom. The Morgan fingerprint density at radius 3 is 2.64 bits per heavy atom. The summed E-state index contributed by atoms with van der Waals surface area (Å²) in [5.74, 6) is 1.18. The normalized spacial score (nSPS) is 11.2. The third kappa shape index (κ3) is 3.34. The summed E-state index contributed by atoms with van der Waals surface area (Å²) < 4.78 is 1.60. The summed E-state index contributed by atoms with van der Waals surface area (Å²) >= 11 is 5.88. The molecule has 2 aromatic heterocycles. The molecule has 0 aliphatic carbocycles. The Morgan fingerprint density at radius 1 is 1.04 bits per heavy atom. The molecular formula is C18H13ClN6. The number of hydrogen-bond acceptors (Lipinski definition) is 5. The first-order chi connectivity index (χ1) is 12.3. The van der Waals surface area contributed by atoms with E-state index in [1.165, 1.54) is 6.33 Å². The van der Waals surface area contributed by atoms with Crippen molar-refractivity contribution in [2.24, 2.45) is 5.10 Å².